The summed E-state index contributed by atoms with van der Waals surface area (Å²) in [5.74, 6) is -2.42. The average molecular weight is 690 g/mol. The Balaban J connectivity index is 1.71. The molecular weight excluding hydrogens is 642 g/mol. The first-order chi connectivity index (χ1) is 22.3. The van der Waals surface area contributed by atoms with Crippen molar-refractivity contribution in [2.75, 3.05) is 20.8 Å². The number of carbonyl (C=O) groups is 5. The van der Waals surface area contributed by atoms with Crippen LogP contribution in [0.3, 0.4) is 0 Å². The van der Waals surface area contributed by atoms with Gasteiger partial charge in [-0.05, 0) is 35.3 Å². The van der Waals surface area contributed by atoms with Gasteiger partial charge in [0, 0.05) is 24.5 Å². The van der Waals surface area contributed by atoms with Crippen LogP contribution in [0.25, 0.3) is 5.70 Å². The van der Waals surface area contributed by atoms with E-state index in [1.165, 1.54) is 19.1 Å². The molecule has 264 valence electrons. The van der Waals surface area contributed by atoms with E-state index in [9.17, 15) is 24.0 Å². The number of amides is 4. The number of primary amides is 1. The normalized spacial score (nSPS) is 22.0. The van der Waals surface area contributed by atoms with Gasteiger partial charge in [-0.1, -0.05) is 66.0 Å². The second-order valence-electron chi connectivity index (χ2n) is 15.3. The Morgan fingerprint density at radius 1 is 1.06 bits per heavy atom. The van der Waals surface area contributed by atoms with Crippen LogP contribution in [0.4, 0.5) is 0 Å². The lowest BCUT2D eigenvalue weighted by Gasteiger charge is -2.36. The highest BCUT2D eigenvalue weighted by atomic mass is 35.5. The van der Waals surface area contributed by atoms with Crippen LogP contribution in [0, 0.1) is 16.7 Å². The quantitative estimate of drug-likeness (QED) is 0.240. The molecular formula is C34H48ClN5O8. The van der Waals surface area contributed by atoms with Gasteiger partial charge in [-0.2, -0.15) is 0 Å². The third-order valence-corrected chi connectivity index (χ3v) is 9.02. The fourth-order valence-electron chi connectivity index (χ4n) is 6.09. The molecule has 13 nitrogen and oxygen atoms in total. The highest BCUT2D eigenvalue weighted by molar-refractivity contribution is 6.37. The zero-order valence-corrected chi connectivity index (χ0v) is 29.7. The van der Waals surface area contributed by atoms with Crippen LogP contribution in [-0.2, 0) is 28.8 Å². The first kappa shape index (κ1) is 37.0. The molecule has 1 aromatic rings. The molecule has 1 spiro atoms. The van der Waals surface area contributed by atoms with Crippen molar-refractivity contribution in [1.29, 1.82) is 0 Å². The monoisotopic (exact) mass is 689 g/mol. The second-order valence-corrected chi connectivity index (χ2v) is 15.7. The number of ether oxygens (including phenoxy) is 2. The average Bonchev–Trinajstić information content (AvgIpc) is 3.59. The van der Waals surface area contributed by atoms with E-state index in [0.717, 1.165) is 12.8 Å². The van der Waals surface area contributed by atoms with Crippen molar-refractivity contribution in [2.45, 2.75) is 97.4 Å². The number of Topliss-reactive ketones (excluding diaryl/α,β-unsaturated/α-hetero) is 1. The maximum absolute atomic E-state index is 14.5. The molecule has 4 atom stereocenters. The number of nitrogens with one attached hydrogen (secondary N) is 3. The standard InChI is InChI=1S/C34H48ClN5O8/c1-32(2,3)16-26(41)38-28(33(4,5)6)31(45)40-17-34(14-22(39-48-34)19-12-20(35)25(47-8)13-24(19)46-7)15-23(40)30(44)37-21(11-18-9-10-18)27(42)29(36)43/h12-14,18,21,23,28,39H,9-11,15-17H2,1-8H3,(H2,36,43)(H,37,44)(H,38,41)/t21-,23-,28+,34+/m0/s1. The molecule has 5 N–H and O–H groups in total. The molecule has 4 amide bonds. The van der Waals surface area contributed by atoms with Crippen molar-refractivity contribution in [2.24, 2.45) is 22.5 Å². The van der Waals surface area contributed by atoms with Crippen molar-refractivity contribution in [3.63, 3.8) is 0 Å². The van der Waals surface area contributed by atoms with Crippen LogP contribution in [-0.4, -0.2) is 78.8 Å². The van der Waals surface area contributed by atoms with Crippen LogP contribution in [0.5, 0.6) is 11.5 Å². The number of halogens is 1. The number of nitrogens with two attached hydrogens (primary N) is 1. The van der Waals surface area contributed by atoms with Gasteiger partial charge in [0.05, 0.1) is 37.5 Å². The van der Waals surface area contributed by atoms with E-state index in [0.29, 0.717) is 27.8 Å². The van der Waals surface area contributed by atoms with E-state index in [1.807, 2.05) is 41.5 Å². The number of rotatable bonds is 12. The summed E-state index contributed by atoms with van der Waals surface area (Å²) in [7, 11) is 2.99. The molecule has 0 bridgehead atoms. The summed E-state index contributed by atoms with van der Waals surface area (Å²) >= 11 is 6.44. The Morgan fingerprint density at radius 3 is 2.25 bits per heavy atom. The van der Waals surface area contributed by atoms with Gasteiger partial charge >= 0.3 is 0 Å². The summed E-state index contributed by atoms with van der Waals surface area (Å²) in [5, 5.41) is 5.96. The van der Waals surface area contributed by atoms with E-state index >= 15 is 0 Å². The number of hydrogen-bond donors (Lipinski definition) is 4. The van der Waals surface area contributed by atoms with Crippen molar-refractivity contribution < 1.29 is 38.3 Å². The highest BCUT2D eigenvalue weighted by Gasteiger charge is 2.54. The smallest absolute Gasteiger partial charge is 0.287 e. The van der Waals surface area contributed by atoms with Crippen LogP contribution >= 0.6 is 11.6 Å². The first-order valence-electron chi connectivity index (χ1n) is 16.1. The van der Waals surface area contributed by atoms with E-state index in [1.54, 1.807) is 18.2 Å². The molecule has 0 aromatic heterocycles. The number of likely N-dealkylation sites (tertiary alicyclic amines) is 1. The third-order valence-electron chi connectivity index (χ3n) is 8.73. The Labute approximate surface area is 286 Å². The molecule has 1 aromatic carbocycles. The lowest BCUT2D eigenvalue weighted by atomic mass is 9.84. The third kappa shape index (κ3) is 8.59. The molecule has 3 aliphatic rings. The summed E-state index contributed by atoms with van der Waals surface area (Å²) in [4.78, 5) is 73.7. The van der Waals surface area contributed by atoms with E-state index in [4.69, 9.17) is 31.6 Å². The molecule has 14 heteroatoms. The van der Waals surface area contributed by atoms with Crippen molar-refractivity contribution in [1.82, 2.24) is 21.0 Å². The molecule has 1 aliphatic carbocycles. The van der Waals surface area contributed by atoms with Crippen LogP contribution in [0.1, 0.15) is 79.2 Å². The molecule has 1 saturated heterocycles. The number of nitrogens with zero attached hydrogens (tertiary/aromatic N) is 1. The minimum absolute atomic E-state index is 0.000979. The van der Waals surface area contributed by atoms with Gasteiger partial charge in [0.25, 0.3) is 5.91 Å². The second kappa shape index (κ2) is 13.9. The van der Waals surface area contributed by atoms with Crippen LogP contribution < -0.4 is 31.3 Å². The van der Waals surface area contributed by atoms with Crippen molar-refractivity contribution >= 4 is 46.7 Å². The molecule has 2 fully saturated rings. The van der Waals surface area contributed by atoms with E-state index in [-0.39, 0.29) is 43.0 Å². The van der Waals surface area contributed by atoms with Gasteiger partial charge < -0.3 is 30.7 Å². The fraction of sp³-hybridized carbons (Fsp3) is 0.618. The first-order valence-corrected chi connectivity index (χ1v) is 16.5. The predicted molar refractivity (Wildman–Crippen MR) is 179 cm³/mol. The Morgan fingerprint density at radius 2 is 1.71 bits per heavy atom. The maximum atomic E-state index is 14.5. The maximum Gasteiger partial charge on any atom is 0.287 e. The molecule has 2 aliphatic heterocycles. The fourth-order valence-corrected chi connectivity index (χ4v) is 6.33. The lowest BCUT2D eigenvalue weighted by molar-refractivity contribution is -0.145. The van der Waals surface area contributed by atoms with Gasteiger partial charge in [-0.25, -0.2) is 0 Å². The Hall–Kier alpha value is -3.84. The highest BCUT2D eigenvalue weighted by Crippen LogP contribution is 2.42. The van der Waals surface area contributed by atoms with Gasteiger partial charge in [0.2, 0.25) is 23.5 Å². The summed E-state index contributed by atoms with van der Waals surface area (Å²) in [6, 6.07) is 0.0466. The van der Waals surface area contributed by atoms with Gasteiger partial charge in [-0.3, -0.25) is 34.3 Å². The largest absolute Gasteiger partial charge is 0.496 e. The molecule has 1 saturated carbocycles. The number of benzene rings is 1. The van der Waals surface area contributed by atoms with Gasteiger partial charge in [0.15, 0.2) is 0 Å². The summed E-state index contributed by atoms with van der Waals surface area (Å²) in [6.07, 6.45) is 3.98. The Bertz CT molecular complexity index is 1500. The molecule has 0 radical (unpaired) electrons. The minimum Gasteiger partial charge on any atom is -0.496 e. The van der Waals surface area contributed by atoms with Crippen molar-refractivity contribution in [3.05, 3.63) is 28.8 Å². The summed E-state index contributed by atoms with van der Waals surface area (Å²) in [5.41, 5.74) is 7.04. The van der Waals surface area contributed by atoms with Crippen molar-refractivity contribution in [3.8, 4) is 11.5 Å². The number of hydrogen-bond acceptors (Lipinski definition) is 9. The summed E-state index contributed by atoms with van der Waals surface area (Å²) < 4.78 is 10.9. The summed E-state index contributed by atoms with van der Waals surface area (Å²) in [6.45, 7) is 11.2. The number of ketones is 1. The molecule has 0 unspecified atom stereocenters. The lowest BCUT2D eigenvalue weighted by Crippen LogP contribution is -2.59. The number of carbonyl (C=O) groups excluding carboxylic acids is 5. The zero-order chi connectivity index (χ0) is 35.8. The molecule has 4 rings (SSSR count). The van der Waals surface area contributed by atoms with E-state index < -0.39 is 52.6 Å². The Kier molecular flexibility index (Phi) is 10.7. The molecule has 48 heavy (non-hydrogen) atoms. The minimum atomic E-state index is -1.19. The number of hydroxylamine groups is 1. The predicted octanol–water partition coefficient (Wildman–Crippen LogP) is 2.88. The molecule has 2 heterocycles. The topological polar surface area (TPSA) is 178 Å². The van der Waals surface area contributed by atoms with Gasteiger partial charge in [-0.15, -0.1) is 0 Å². The van der Waals surface area contributed by atoms with Crippen LogP contribution in [0.2, 0.25) is 5.02 Å². The van der Waals surface area contributed by atoms with Gasteiger partial charge in [0.1, 0.15) is 29.2 Å². The zero-order valence-electron chi connectivity index (χ0n) is 29.0. The van der Waals surface area contributed by atoms with E-state index in [2.05, 4.69) is 16.1 Å². The SMILES string of the molecule is COc1cc(OC)c(C2=C[C@]3(C[C@@H](C(=O)N[C@@H](CC4CC4)C(=O)C(N)=O)N(C(=O)[C@@H](NC(=O)CC(C)(C)C)C(C)(C)C)C3)ON2)cc1Cl. The number of methoxy groups -OCH3 is 2. The van der Waals surface area contributed by atoms with Crippen LogP contribution in [0.15, 0.2) is 18.2 Å².